The van der Waals surface area contributed by atoms with Crippen LogP contribution >= 0.6 is 27.7 Å². The van der Waals surface area contributed by atoms with E-state index < -0.39 is 4.92 Å². The van der Waals surface area contributed by atoms with Crippen molar-refractivity contribution in [2.24, 2.45) is 0 Å². The Morgan fingerprint density at radius 3 is 2.86 bits per heavy atom. The number of pyridine rings is 1. The Morgan fingerprint density at radius 2 is 2.19 bits per heavy atom. The Hall–Kier alpha value is -1.60. The minimum absolute atomic E-state index is 0.0158. The molecule has 2 rings (SSSR count). The third kappa shape index (κ3) is 4.44. The number of rotatable bonds is 6. The SMILES string of the molecule is CCCNc1ccc([N+](=O)[O-])c(Sc2cccc(Br)c2)n1. The smallest absolute Gasteiger partial charge is 0.301 e. The first-order valence-corrected chi connectivity index (χ1v) is 8.04. The predicted octanol–water partition coefficient (Wildman–Crippen LogP) is 4.73. The van der Waals surface area contributed by atoms with Gasteiger partial charge in [-0.3, -0.25) is 10.1 Å². The van der Waals surface area contributed by atoms with Crippen molar-refractivity contribution < 1.29 is 4.92 Å². The van der Waals surface area contributed by atoms with E-state index in [2.05, 4.69) is 33.2 Å². The molecule has 110 valence electrons. The molecule has 21 heavy (non-hydrogen) atoms. The summed E-state index contributed by atoms with van der Waals surface area (Å²) in [5.41, 5.74) is 0.0158. The average Bonchev–Trinajstić information content (AvgIpc) is 2.45. The maximum atomic E-state index is 11.1. The summed E-state index contributed by atoms with van der Waals surface area (Å²) in [4.78, 5) is 16.0. The maximum Gasteiger partial charge on any atom is 0.301 e. The zero-order valence-corrected chi connectivity index (χ0v) is 13.8. The molecule has 7 heteroatoms. The largest absolute Gasteiger partial charge is 0.370 e. The van der Waals surface area contributed by atoms with Gasteiger partial charge in [0.15, 0.2) is 5.03 Å². The normalized spacial score (nSPS) is 10.4. The second-order valence-electron chi connectivity index (χ2n) is 4.26. The topological polar surface area (TPSA) is 68.1 Å². The van der Waals surface area contributed by atoms with Gasteiger partial charge in [-0.2, -0.15) is 0 Å². The molecule has 1 aromatic carbocycles. The maximum absolute atomic E-state index is 11.1. The van der Waals surface area contributed by atoms with Crippen molar-refractivity contribution in [1.82, 2.24) is 4.98 Å². The summed E-state index contributed by atoms with van der Waals surface area (Å²) >= 11 is 4.67. The van der Waals surface area contributed by atoms with Crippen molar-refractivity contribution in [3.8, 4) is 0 Å². The lowest BCUT2D eigenvalue weighted by Gasteiger charge is -2.07. The summed E-state index contributed by atoms with van der Waals surface area (Å²) in [6.07, 6.45) is 0.965. The fourth-order valence-electron chi connectivity index (χ4n) is 1.64. The summed E-state index contributed by atoms with van der Waals surface area (Å²) in [6, 6.07) is 10.7. The van der Waals surface area contributed by atoms with Crippen LogP contribution in [0.5, 0.6) is 0 Å². The minimum Gasteiger partial charge on any atom is -0.370 e. The number of benzene rings is 1. The summed E-state index contributed by atoms with van der Waals surface area (Å²) in [5, 5.41) is 14.7. The quantitative estimate of drug-likeness (QED) is 0.590. The van der Waals surface area contributed by atoms with Crippen molar-refractivity contribution >= 4 is 39.2 Å². The molecule has 0 saturated carbocycles. The molecule has 0 saturated heterocycles. The molecule has 0 aliphatic rings. The van der Waals surface area contributed by atoms with E-state index in [1.807, 2.05) is 24.3 Å². The van der Waals surface area contributed by atoms with Gasteiger partial charge in [0.2, 0.25) is 0 Å². The lowest BCUT2D eigenvalue weighted by atomic mass is 10.4. The van der Waals surface area contributed by atoms with E-state index in [4.69, 9.17) is 0 Å². The molecule has 0 aliphatic heterocycles. The molecule has 1 aromatic heterocycles. The number of anilines is 1. The molecule has 1 heterocycles. The van der Waals surface area contributed by atoms with Gasteiger partial charge in [-0.15, -0.1) is 0 Å². The van der Waals surface area contributed by atoms with Crippen LogP contribution in [0.15, 0.2) is 50.8 Å². The van der Waals surface area contributed by atoms with Gasteiger partial charge in [-0.1, -0.05) is 40.7 Å². The second-order valence-corrected chi connectivity index (χ2v) is 6.24. The van der Waals surface area contributed by atoms with Crippen LogP contribution in [0.4, 0.5) is 11.5 Å². The van der Waals surface area contributed by atoms with E-state index in [0.717, 1.165) is 22.3 Å². The highest BCUT2D eigenvalue weighted by Crippen LogP contribution is 2.35. The Morgan fingerprint density at radius 1 is 1.38 bits per heavy atom. The molecule has 0 unspecified atom stereocenters. The Balaban J connectivity index is 2.31. The van der Waals surface area contributed by atoms with Crippen molar-refractivity contribution in [1.29, 1.82) is 0 Å². The molecule has 1 N–H and O–H groups in total. The highest BCUT2D eigenvalue weighted by Gasteiger charge is 2.17. The molecule has 5 nitrogen and oxygen atoms in total. The number of halogens is 1. The number of hydrogen-bond acceptors (Lipinski definition) is 5. The molecule has 0 bridgehead atoms. The summed E-state index contributed by atoms with van der Waals surface area (Å²) < 4.78 is 0.926. The summed E-state index contributed by atoms with van der Waals surface area (Å²) in [7, 11) is 0. The van der Waals surface area contributed by atoms with Crippen LogP contribution in [0.2, 0.25) is 0 Å². The van der Waals surface area contributed by atoms with Gasteiger partial charge in [-0.05, 0) is 30.7 Å². The van der Waals surface area contributed by atoms with Crippen molar-refractivity contribution in [2.45, 2.75) is 23.3 Å². The molecule has 2 aromatic rings. The number of aromatic nitrogens is 1. The first-order valence-electron chi connectivity index (χ1n) is 6.43. The minimum atomic E-state index is -0.406. The third-order valence-corrected chi connectivity index (χ3v) is 4.08. The summed E-state index contributed by atoms with van der Waals surface area (Å²) in [6.45, 7) is 2.83. The number of hydrogen-bond donors (Lipinski definition) is 1. The first kappa shape index (κ1) is 15.8. The average molecular weight is 368 g/mol. The van der Waals surface area contributed by atoms with Crippen LogP contribution in [0.25, 0.3) is 0 Å². The molecule has 0 fully saturated rings. The van der Waals surface area contributed by atoms with Crippen LogP contribution in [0.1, 0.15) is 13.3 Å². The predicted molar refractivity (Wildman–Crippen MR) is 87.9 cm³/mol. The van der Waals surface area contributed by atoms with Gasteiger partial charge < -0.3 is 5.32 Å². The van der Waals surface area contributed by atoms with Gasteiger partial charge in [0, 0.05) is 22.0 Å². The molecular formula is C14H14BrN3O2S. The zero-order chi connectivity index (χ0) is 15.2. The summed E-state index contributed by atoms with van der Waals surface area (Å²) in [5.74, 6) is 0.653. The molecule has 0 spiro atoms. The van der Waals surface area contributed by atoms with Crippen LogP contribution in [0, 0.1) is 10.1 Å². The standard InChI is InChI=1S/C14H14BrN3O2S/c1-2-8-16-13-7-6-12(18(19)20)14(17-13)21-11-5-3-4-10(15)9-11/h3-7,9H,2,8H2,1H3,(H,16,17). The van der Waals surface area contributed by atoms with E-state index in [1.165, 1.54) is 17.8 Å². The van der Waals surface area contributed by atoms with Gasteiger partial charge in [0.25, 0.3) is 0 Å². The first-order chi connectivity index (χ1) is 10.1. The van der Waals surface area contributed by atoms with Gasteiger partial charge in [-0.25, -0.2) is 4.98 Å². The molecule has 0 radical (unpaired) electrons. The fraction of sp³-hybridized carbons (Fsp3) is 0.214. The van der Waals surface area contributed by atoms with E-state index >= 15 is 0 Å². The number of nitrogens with zero attached hydrogens (tertiary/aromatic N) is 2. The van der Waals surface area contributed by atoms with Gasteiger partial charge >= 0.3 is 5.69 Å². The van der Waals surface area contributed by atoms with Crippen LogP contribution < -0.4 is 5.32 Å². The van der Waals surface area contributed by atoms with Crippen LogP contribution in [-0.2, 0) is 0 Å². The lowest BCUT2D eigenvalue weighted by molar-refractivity contribution is -0.388. The van der Waals surface area contributed by atoms with E-state index in [1.54, 1.807) is 6.07 Å². The molecule has 0 aliphatic carbocycles. The van der Waals surface area contributed by atoms with Gasteiger partial charge in [0.05, 0.1) is 4.92 Å². The van der Waals surface area contributed by atoms with Crippen LogP contribution in [0.3, 0.4) is 0 Å². The van der Waals surface area contributed by atoms with Crippen molar-refractivity contribution in [2.75, 3.05) is 11.9 Å². The van der Waals surface area contributed by atoms with Crippen LogP contribution in [-0.4, -0.2) is 16.5 Å². The van der Waals surface area contributed by atoms with E-state index in [-0.39, 0.29) is 5.69 Å². The van der Waals surface area contributed by atoms with Crippen molar-refractivity contribution in [3.05, 3.63) is 51.0 Å². The Labute approximate surface area is 135 Å². The highest BCUT2D eigenvalue weighted by atomic mass is 79.9. The molecule has 0 amide bonds. The Kier molecular flexibility index (Phi) is 5.58. The van der Waals surface area contributed by atoms with E-state index in [9.17, 15) is 10.1 Å². The fourth-order valence-corrected chi connectivity index (χ4v) is 3.14. The van der Waals surface area contributed by atoms with Gasteiger partial charge in [0.1, 0.15) is 5.82 Å². The number of nitro groups is 1. The monoisotopic (exact) mass is 367 g/mol. The zero-order valence-electron chi connectivity index (χ0n) is 11.4. The number of nitrogens with one attached hydrogen (secondary N) is 1. The second kappa shape index (κ2) is 7.42. The molecule has 0 atom stereocenters. The lowest BCUT2D eigenvalue weighted by Crippen LogP contribution is -2.03. The van der Waals surface area contributed by atoms with E-state index in [0.29, 0.717) is 10.8 Å². The molecular weight excluding hydrogens is 354 g/mol. The van der Waals surface area contributed by atoms with Crippen molar-refractivity contribution in [3.63, 3.8) is 0 Å². The third-order valence-electron chi connectivity index (χ3n) is 2.60. The Bertz CT molecular complexity index is 652. The highest BCUT2D eigenvalue weighted by molar-refractivity contribution is 9.10.